The SMILES string of the molecule is CC(C)NCCCOCCCNC(C)C(C)C. The summed E-state index contributed by atoms with van der Waals surface area (Å²) in [6.07, 6.45) is 2.21. The summed E-state index contributed by atoms with van der Waals surface area (Å²) >= 11 is 0. The second kappa shape index (κ2) is 11.0. The normalized spacial score (nSPS) is 13.6. The molecule has 0 aliphatic heterocycles. The minimum Gasteiger partial charge on any atom is -0.381 e. The zero-order chi connectivity index (χ0) is 13.1. The van der Waals surface area contributed by atoms with Gasteiger partial charge >= 0.3 is 0 Å². The highest BCUT2D eigenvalue weighted by atomic mass is 16.5. The van der Waals surface area contributed by atoms with Gasteiger partial charge in [0.2, 0.25) is 0 Å². The van der Waals surface area contributed by atoms with Crippen LogP contribution in [0.2, 0.25) is 0 Å². The van der Waals surface area contributed by atoms with Gasteiger partial charge in [0, 0.05) is 25.3 Å². The second-order valence-corrected chi connectivity index (χ2v) is 5.42. The number of ether oxygens (including phenoxy) is 1. The maximum Gasteiger partial charge on any atom is 0.0478 e. The lowest BCUT2D eigenvalue weighted by atomic mass is 10.1. The standard InChI is InChI=1S/C14H32N2O/c1-12(2)14(5)16-9-7-11-17-10-6-8-15-13(3)4/h12-16H,6-11H2,1-5H3. The van der Waals surface area contributed by atoms with Crippen LogP contribution in [0.15, 0.2) is 0 Å². The zero-order valence-electron chi connectivity index (χ0n) is 12.4. The highest BCUT2D eigenvalue weighted by molar-refractivity contribution is 4.63. The van der Waals surface area contributed by atoms with Crippen LogP contribution < -0.4 is 10.6 Å². The Kier molecular flexibility index (Phi) is 10.9. The van der Waals surface area contributed by atoms with E-state index in [1.54, 1.807) is 0 Å². The summed E-state index contributed by atoms with van der Waals surface area (Å²) < 4.78 is 5.58. The fourth-order valence-electron chi connectivity index (χ4n) is 1.41. The summed E-state index contributed by atoms with van der Waals surface area (Å²) in [5.74, 6) is 0.707. The molecule has 0 aromatic rings. The third-order valence-electron chi connectivity index (χ3n) is 2.95. The van der Waals surface area contributed by atoms with E-state index in [2.05, 4.69) is 45.3 Å². The van der Waals surface area contributed by atoms with Gasteiger partial charge in [0.15, 0.2) is 0 Å². The van der Waals surface area contributed by atoms with Crippen molar-refractivity contribution in [1.29, 1.82) is 0 Å². The van der Waals surface area contributed by atoms with Gasteiger partial charge in [0.05, 0.1) is 0 Å². The quantitative estimate of drug-likeness (QED) is 0.548. The number of hydrogen-bond donors (Lipinski definition) is 2. The number of rotatable bonds is 11. The monoisotopic (exact) mass is 244 g/mol. The molecule has 3 nitrogen and oxygen atoms in total. The Bertz CT molecular complexity index is 160. The molecular formula is C14H32N2O. The number of nitrogens with one attached hydrogen (secondary N) is 2. The van der Waals surface area contributed by atoms with Crippen molar-refractivity contribution in [3.63, 3.8) is 0 Å². The summed E-state index contributed by atoms with van der Waals surface area (Å²) in [4.78, 5) is 0. The van der Waals surface area contributed by atoms with Crippen molar-refractivity contribution < 1.29 is 4.74 Å². The molecule has 0 aromatic carbocycles. The first-order valence-corrected chi connectivity index (χ1v) is 7.08. The molecule has 0 aromatic heterocycles. The fraction of sp³-hybridized carbons (Fsp3) is 1.00. The van der Waals surface area contributed by atoms with Crippen LogP contribution in [-0.4, -0.2) is 38.4 Å². The van der Waals surface area contributed by atoms with Crippen molar-refractivity contribution in [2.24, 2.45) is 5.92 Å². The fourth-order valence-corrected chi connectivity index (χ4v) is 1.41. The first-order valence-electron chi connectivity index (χ1n) is 7.08. The van der Waals surface area contributed by atoms with Crippen LogP contribution in [0.25, 0.3) is 0 Å². The summed E-state index contributed by atoms with van der Waals surface area (Å²) in [6.45, 7) is 14.9. The third kappa shape index (κ3) is 12.1. The molecule has 1 unspecified atom stereocenters. The van der Waals surface area contributed by atoms with Gasteiger partial charge in [-0.3, -0.25) is 0 Å². The van der Waals surface area contributed by atoms with E-state index in [1.165, 1.54) is 0 Å². The molecule has 0 saturated carbocycles. The Hall–Kier alpha value is -0.120. The molecule has 0 saturated heterocycles. The smallest absolute Gasteiger partial charge is 0.0478 e. The van der Waals surface area contributed by atoms with Crippen LogP contribution >= 0.6 is 0 Å². The van der Waals surface area contributed by atoms with Crippen molar-refractivity contribution in [2.75, 3.05) is 26.3 Å². The highest BCUT2D eigenvalue weighted by Gasteiger charge is 2.04. The van der Waals surface area contributed by atoms with Crippen LogP contribution in [0.1, 0.15) is 47.5 Å². The molecule has 0 amide bonds. The first kappa shape index (κ1) is 16.9. The van der Waals surface area contributed by atoms with Crippen LogP contribution in [0, 0.1) is 5.92 Å². The Balaban J connectivity index is 3.09. The van der Waals surface area contributed by atoms with E-state index in [1.807, 2.05) is 0 Å². The molecule has 0 radical (unpaired) electrons. The summed E-state index contributed by atoms with van der Waals surface area (Å²) in [5.41, 5.74) is 0. The first-order chi connectivity index (χ1) is 8.04. The number of hydrogen-bond acceptors (Lipinski definition) is 3. The van der Waals surface area contributed by atoms with Crippen molar-refractivity contribution in [3.05, 3.63) is 0 Å². The van der Waals surface area contributed by atoms with Gasteiger partial charge in [-0.25, -0.2) is 0 Å². The summed E-state index contributed by atoms with van der Waals surface area (Å²) in [7, 11) is 0. The average Bonchev–Trinajstić information content (AvgIpc) is 2.25. The minimum absolute atomic E-state index is 0.580. The molecule has 0 rings (SSSR count). The van der Waals surface area contributed by atoms with Gasteiger partial charge in [0.1, 0.15) is 0 Å². The molecule has 0 bridgehead atoms. The molecule has 2 N–H and O–H groups in total. The maximum absolute atomic E-state index is 5.58. The molecule has 104 valence electrons. The van der Waals surface area contributed by atoms with Gasteiger partial charge < -0.3 is 15.4 Å². The summed E-state index contributed by atoms with van der Waals surface area (Å²) in [6, 6.07) is 1.18. The largest absolute Gasteiger partial charge is 0.381 e. The molecule has 1 atom stereocenters. The predicted molar refractivity (Wildman–Crippen MR) is 75.5 cm³/mol. The Morgan fingerprint density at radius 1 is 0.824 bits per heavy atom. The lowest BCUT2D eigenvalue weighted by Crippen LogP contribution is -2.32. The van der Waals surface area contributed by atoms with Crippen LogP contribution in [-0.2, 0) is 4.74 Å². The molecule has 0 spiro atoms. The zero-order valence-corrected chi connectivity index (χ0v) is 12.4. The third-order valence-corrected chi connectivity index (χ3v) is 2.95. The molecular weight excluding hydrogens is 212 g/mol. The van der Waals surface area contributed by atoms with Crippen molar-refractivity contribution in [2.45, 2.75) is 59.5 Å². The minimum atomic E-state index is 0.580. The van der Waals surface area contributed by atoms with E-state index >= 15 is 0 Å². The van der Waals surface area contributed by atoms with E-state index in [4.69, 9.17) is 4.74 Å². The van der Waals surface area contributed by atoms with E-state index in [0.29, 0.717) is 18.0 Å². The van der Waals surface area contributed by atoms with E-state index in [9.17, 15) is 0 Å². The van der Waals surface area contributed by atoms with Gasteiger partial charge in [-0.15, -0.1) is 0 Å². The molecule has 0 aliphatic carbocycles. The lowest BCUT2D eigenvalue weighted by molar-refractivity contribution is 0.128. The Labute approximate surface area is 108 Å². The van der Waals surface area contributed by atoms with Crippen LogP contribution in [0.5, 0.6) is 0 Å². The summed E-state index contributed by atoms with van der Waals surface area (Å²) in [5, 5.41) is 6.89. The maximum atomic E-state index is 5.58. The predicted octanol–water partition coefficient (Wildman–Crippen LogP) is 2.42. The second-order valence-electron chi connectivity index (χ2n) is 5.42. The van der Waals surface area contributed by atoms with Crippen molar-refractivity contribution >= 4 is 0 Å². The van der Waals surface area contributed by atoms with E-state index < -0.39 is 0 Å². The highest BCUT2D eigenvalue weighted by Crippen LogP contribution is 1.99. The Morgan fingerprint density at radius 2 is 1.35 bits per heavy atom. The topological polar surface area (TPSA) is 33.3 Å². The molecule has 0 heterocycles. The van der Waals surface area contributed by atoms with Crippen molar-refractivity contribution in [3.8, 4) is 0 Å². The Morgan fingerprint density at radius 3 is 1.82 bits per heavy atom. The average molecular weight is 244 g/mol. The lowest BCUT2D eigenvalue weighted by Gasteiger charge is -2.17. The van der Waals surface area contributed by atoms with E-state index in [-0.39, 0.29) is 0 Å². The molecule has 0 aliphatic rings. The van der Waals surface area contributed by atoms with Gasteiger partial charge in [-0.05, 0) is 38.8 Å². The molecule has 0 fully saturated rings. The van der Waals surface area contributed by atoms with Crippen molar-refractivity contribution in [1.82, 2.24) is 10.6 Å². The van der Waals surface area contributed by atoms with Crippen LogP contribution in [0.4, 0.5) is 0 Å². The van der Waals surface area contributed by atoms with E-state index in [0.717, 1.165) is 39.1 Å². The van der Waals surface area contributed by atoms with Gasteiger partial charge in [0.25, 0.3) is 0 Å². The molecule has 17 heavy (non-hydrogen) atoms. The van der Waals surface area contributed by atoms with Gasteiger partial charge in [-0.2, -0.15) is 0 Å². The molecule has 3 heteroatoms. The van der Waals surface area contributed by atoms with Gasteiger partial charge in [-0.1, -0.05) is 27.7 Å². The van der Waals surface area contributed by atoms with Crippen LogP contribution in [0.3, 0.4) is 0 Å².